The summed E-state index contributed by atoms with van der Waals surface area (Å²) in [5.74, 6) is -0.390. The predicted molar refractivity (Wildman–Crippen MR) is 160 cm³/mol. The van der Waals surface area contributed by atoms with Crippen molar-refractivity contribution in [3.8, 4) is 11.3 Å². The minimum absolute atomic E-state index is 0.271. The second kappa shape index (κ2) is 11.7. The molecule has 0 saturated carbocycles. The molecule has 210 valence electrons. The second-order valence-electron chi connectivity index (χ2n) is 11.0. The molecule has 1 spiro atoms. The highest BCUT2D eigenvalue weighted by molar-refractivity contribution is 6.10. The summed E-state index contributed by atoms with van der Waals surface area (Å²) < 4.78 is 5.03. The largest absolute Gasteiger partial charge is 0.451 e. The van der Waals surface area contributed by atoms with Crippen LogP contribution in [0.5, 0.6) is 0 Å². The summed E-state index contributed by atoms with van der Waals surface area (Å²) in [4.78, 5) is 34.7. The number of anilines is 1. The third-order valence-corrected chi connectivity index (χ3v) is 8.31. The van der Waals surface area contributed by atoms with Gasteiger partial charge in [0, 0.05) is 36.1 Å². The van der Waals surface area contributed by atoms with Crippen molar-refractivity contribution < 1.29 is 14.3 Å². The number of fused-ring (bicyclic) bond motifs is 1. The summed E-state index contributed by atoms with van der Waals surface area (Å²) in [7, 11) is 1.30. The number of nitrogens with zero attached hydrogens (tertiary/aromatic N) is 3. The van der Waals surface area contributed by atoms with Crippen molar-refractivity contribution >= 4 is 28.6 Å². The van der Waals surface area contributed by atoms with Gasteiger partial charge in [0.1, 0.15) is 0 Å². The number of amides is 2. The Morgan fingerprint density at radius 2 is 1.73 bits per heavy atom. The van der Waals surface area contributed by atoms with Gasteiger partial charge in [-0.1, -0.05) is 66.7 Å². The average molecular weight is 550 g/mol. The monoisotopic (exact) mass is 549 g/mol. The van der Waals surface area contributed by atoms with E-state index < -0.39 is 12.0 Å². The molecule has 0 bridgehead atoms. The van der Waals surface area contributed by atoms with E-state index in [4.69, 9.17) is 9.72 Å². The minimum atomic E-state index is -0.681. The van der Waals surface area contributed by atoms with Crippen molar-refractivity contribution in [1.82, 2.24) is 20.6 Å². The number of hydrogen-bond donors (Lipinski definition) is 2. The van der Waals surface area contributed by atoms with Crippen LogP contribution in [0.2, 0.25) is 0 Å². The number of hydrogen-bond acceptors (Lipinski definition) is 6. The van der Waals surface area contributed by atoms with Crippen molar-refractivity contribution in [3.63, 3.8) is 0 Å². The molecule has 1 aromatic heterocycles. The van der Waals surface area contributed by atoms with E-state index in [1.165, 1.54) is 20.0 Å². The fourth-order valence-electron chi connectivity index (χ4n) is 6.31. The molecule has 41 heavy (non-hydrogen) atoms. The van der Waals surface area contributed by atoms with E-state index in [1.807, 2.05) is 72.8 Å². The number of pyridine rings is 1. The maximum Gasteiger partial charge on any atom is 0.433 e. The predicted octanol–water partition coefficient (Wildman–Crippen LogP) is 5.40. The number of para-hydroxylation sites is 2. The number of ether oxygens (including phenoxy) is 1. The van der Waals surface area contributed by atoms with Gasteiger partial charge >= 0.3 is 6.09 Å². The van der Waals surface area contributed by atoms with Crippen LogP contribution in [0.1, 0.15) is 35.2 Å². The lowest BCUT2D eigenvalue weighted by Crippen LogP contribution is -2.47. The molecule has 8 heteroatoms. The van der Waals surface area contributed by atoms with Crippen molar-refractivity contribution in [2.75, 3.05) is 38.3 Å². The van der Waals surface area contributed by atoms with Gasteiger partial charge in [-0.15, -0.1) is 0 Å². The van der Waals surface area contributed by atoms with E-state index in [0.717, 1.165) is 65.3 Å². The van der Waals surface area contributed by atoms with Crippen LogP contribution in [0.4, 0.5) is 10.5 Å². The Morgan fingerprint density at radius 1 is 1.00 bits per heavy atom. The van der Waals surface area contributed by atoms with Crippen LogP contribution in [0, 0.1) is 5.41 Å². The molecule has 4 aromatic rings. The molecule has 2 fully saturated rings. The summed E-state index contributed by atoms with van der Waals surface area (Å²) in [5, 5.41) is 5.49. The van der Waals surface area contributed by atoms with Gasteiger partial charge in [-0.25, -0.2) is 9.78 Å². The molecule has 1 atom stereocenters. The van der Waals surface area contributed by atoms with E-state index in [9.17, 15) is 9.59 Å². The van der Waals surface area contributed by atoms with Gasteiger partial charge in [-0.3, -0.25) is 15.1 Å². The fraction of sp³-hybridized carbons (Fsp3) is 0.303. The third kappa shape index (κ3) is 5.53. The van der Waals surface area contributed by atoms with Crippen molar-refractivity contribution in [1.29, 1.82) is 0 Å². The van der Waals surface area contributed by atoms with E-state index in [-0.39, 0.29) is 5.41 Å². The maximum atomic E-state index is 14.3. The number of piperidine rings is 1. The van der Waals surface area contributed by atoms with E-state index >= 15 is 0 Å². The van der Waals surface area contributed by atoms with Crippen molar-refractivity contribution in [3.05, 3.63) is 96.1 Å². The quantitative estimate of drug-likeness (QED) is 0.325. The van der Waals surface area contributed by atoms with Crippen LogP contribution in [0.3, 0.4) is 0 Å². The fourth-order valence-corrected chi connectivity index (χ4v) is 6.31. The first-order valence-corrected chi connectivity index (χ1v) is 14.2. The zero-order valence-corrected chi connectivity index (χ0v) is 23.3. The molecule has 3 aromatic carbocycles. The number of likely N-dealkylation sites (tertiary alicyclic amines) is 1. The van der Waals surface area contributed by atoms with Gasteiger partial charge in [-0.05, 0) is 56.0 Å². The number of carbonyl (C=O) groups is 2. The van der Waals surface area contributed by atoms with E-state index in [1.54, 1.807) is 12.1 Å². The van der Waals surface area contributed by atoms with Gasteiger partial charge in [0.05, 0.1) is 29.6 Å². The molecule has 2 saturated heterocycles. The van der Waals surface area contributed by atoms with Crippen LogP contribution in [-0.4, -0.2) is 55.2 Å². The highest BCUT2D eigenvalue weighted by Gasteiger charge is 2.39. The first-order valence-electron chi connectivity index (χ1n) is 14.2. The standard InChI is InChI=1S/C33H35N5O3/c1-41-32(40)38(25-13-6-3-7-14-25)36-31(39)29-26-15-8-9-16-28(26)35-30(24-11-4-2-5-12-24)27(29)21-37-20-18-33(23-37)17-10-19-34-22-33/h2-9,11-16,34H,10,17-23H2,1H3,(H,36,39). The minimum Gasteiger partial charge on any atom is -0.451 e. The number of methoxy groups -OCH3 is 1. The Morgan fingerprint density at radius 3 is 2.46 bits per heavy atom. The van der Waals surface area contributed by atoms with Crippen LogP contribution in [0.25, 0.3) is 22.2 Å². The average Bonchev–Trinajstić information content (AvgIpc) is 3.41. The Bertz CT molecular complexity index is 1540. The second-order valence-corrected chi connectivity index (χ2v) is 11.0. The van der Waals surface area contributed by atoms with Gasteiger partial charge in [0.25, 0.3) is 5.91 Å². The first-order chi connectivity index (χ1) is 20.1. The Labute approximate surface area is 240 Å². The molecule has 0 aliphatic carbocycles. The number of benzene rings is 3. The highest BCUT2D eigenvalue weighted by atomic mass is 16.5. The van der Waals surface area contributed by atoms with Crippen LogP contribution >= 0.6 is 0 Å². The molecule has 2 N–H and O–H groups in total. The van der Waals surface area contributed by atoms with Gasteiger partial charge in [0.2, 0.25) is 0 Å². The molecule has 0 radical (unpaired) electrons. The maximum absolute atomic E-state index is 14.3. The summed E-state index contributed by atoms with van der Waals surface area (Å²) in [6, 6.07) is 26.7. The van der Waals surface area contributed by atoms with E-state index in [2.05, 4.69) is 15.6 Å². The van der Waals surface area contributed by atoms with Crippen molar-refractivity contribution in [2.45, 2.75) is 25.8 Å². The summed E-state index contributed by atoms with van der Waals surface area (Å²) in [6.45, 7) is 4.62. The van der Waals surface area contributed by atoms with Gasteiger partial charge in [-0.2, -0.15) is 5.01 Å². The Balaban J connectivity index is 1.46. The van der Waals surface area contributed by atoms with Crippen LogP contribution in [-0.2, 0) is 11.3 Å². The SMILES string of the molecule is COC(=O)N(NC(=O)c1c(CN2CCC3(CCCNC3)C2)c(-c2ccccc2)nc2ccccc12)c1ccccc1. The molecular weight excluding hydrogens is 514 g/mol. The van der Waals surface area contributed by atoms with Gasteiger partial charge < -0.3 is 10.1 Å². The van der Waals surface area contributed by atoms with Gasteiger partial charge in [0.15, 0.2) is 0 Å². The summed E-state index contributed by atoms with van der Waals surface area (Å²) in [5.41, 5.74) is 7.45. The smallest absolute Gasteiger partial charge is 0.433 e. The number of hydrazine groups is 1. The summed E-state index contributed by atoms with van der Waals surface area (Å²) >= 11 is 0. The lowest BCUT2D eigenvalue weighted by atomic mass is 9.80. The highest BCUT2D eigenvalue weighted by Crippen LogP contribution is 2.39. The molecule has 8 nitrogen and oxygen atoms in total. The molecule has 1 unspecified atom stereocenters. The molecule has 2 amide bonds. The normalized spacial score (nSPS) is 18.9. The topological polar surface area (TPSA) is 86.8 Å². The molecule has 2 aliphatic heterocycles. The molecule has 3 heterocycles. The zero-order chi connectivity index (χ0) is 28.2. The number of nitrogens with one attached hydrogen (secondary N) is 2. The lowest BCUT2D eigenvalue weighted by molar-refractivity contribution is 0.0940. The van der Waals surface area contributed by atoms with Crippen molar-refractivity contribution in [2.24, 2.45) is 5.41 Å². The first kappa shape index (κ1) is 26.9. The van der Waals surface area contributed by atoms with E-state index in [0.29, 0.717) is 17.8 Å². The number of carbonyl (C=O) groups excluding carboxylic acids is 2. The molecule has 6 rings (SSSR count). The Hall–Kier alpha value is -4.27. The third-order valence-electron chi connectivity index (χ3n) is 8.31. The lowest BCUT2D eigenvalue weighted by Gasteiger charge is -2.34. The van der Waals surface area contributed by atoms with Crippen LogP contribution < -0.4 is 15.8 Å². The summed E-state index contributed by atoms with van der Waals surface area (Å²) in [6.07, 6.45) is 2.86. The Kier molecular flexibility index (Phi) is 7.67. The zero-order valence-electron chi connectivity index (χ0n) is 23.3. The molecular formula is C33H35N5O3. The van der Waals surface area contributed by atoms with Crippen LogP contribution in [0.15, 0.2) is 84.9 Å². The number of aromatic nitrogens is 1. The molecule has 2 aliphatic rings. The number of rotatable bonds is 5.